The Morgan fingerprint density at radius 2 is 2.03 bits per heavy atom. The van der Waals surface area contributed by atoms with Crippen molar-refractivity contribution in [3.63, 3.8) is 0 Å². The number of carbonyl (C=O) groups is 1. The van der Waals surface area contributed by atoms with Gasteiger partial charge in [-0.3, -0.25) is 4.79 Å². The zero-order valence-corrected chi connectivity index (χ0v) is 20.5. The number of nitrogens with zero attached hydrogens (tertiary/aromatic N) is 3. The summed E-state index contributed by atoms with van der Waals surface area (Å²) in [5, 5.41) is 0. The lowest BCUT2D eigenvalue weighted by Gasteiger charge is -2.29. The van der Waals surface area contributed by atoms with E-state index in [4.69, 9.17) is 17.0 Å². The topological polar surface area (TPSA) is 97.3 Å². The molecule has 2 aliphatic heterocycles. The van der Waals surface area contributed by atoms with E-state index in [9.17, 15) is 13.2 Å². The number of H-pyrrole nitrogens is 1. The third-order valence-corrected chi connectivity index (χ3v) is 7.63. The van der Waals surface area contributed by atoms with E-state index < -0.39 is 22.0 Å². The van der Waals surface area contributed by atoms with Crippen LogP contribution in [0, 0.1) is 10.7 Å². The summed E-state index contributed by atoms with van der Waals surface area (Å²) in [5.74, 6) is -0.800. The molecule has 0 aliphatic carbocycles. The second-order valence-electron chi connectivity index (χ2n) is 7.87. The van der Waals surface area contributed by atoms with Gasteiger partial charge in [-0.25, -0.2) is 13.4 Å². The minimum atomic E-state index is -3.90. The van der Waals surface area contributed by atoms with Gasteiger partial charge in [0, 0.05) is 26.0 Å². The van der Waals surface area contributed by atoms with Crippen LogP contribution in [0.1, 0.15) is 25.8 Å². The first-order chi connectivity index (χ1) is 15.7. The van der Waals surface area contributed by atoms with Crippen LogP contribution < -0.4 is 0 Å². The van der Waals surface area contributed by atoms with Gasteiger partial charge in [0.1, 0.15) is 12.6 Å². The summed E-state index contributed by atoms with van der Waals surface area (Å²) in [6.45, 7) is 7.84. The van der Waals surface area contributed by atoms with Gasteiger partial charge in [-0.15, -0.1) is 0 Å². The Morgan fingerprint density at radius 3 is 2.67 bits per heavy atom. The molecule has 2 unspecified atom stereocenters. The fourth-order valence-corrected chi connectivity index (χ4v) is 5.17. The fourth-order valence-electron chi connectivity index (χ4n) is 3.56. The highest BCUT2D eigenvalue weighted by Gasteiger charge is 2.37. The van der Waals surface area contributed by atoms with Crippen LogP contribution in [0.25, 0.3) is 11.4 Å². The third kappa shape index (κ3) is 5.58. The van der Waals surface area contributed by atoms with Gasteiger partial charge < -0.3 is 14.3 Å². The molecule has 1 aromatic rings. The van der Waals surface area contributed by atoms with E-state index in [1.165, 1.54) is 13.1 Å². The lowest BCUT2D eigenvalue weighted by Crippen LogP contribution is -2.47. The first kappa shape index (κ1) is 24.8. The number of ether oxygens (including phenoxy) is 1. The minimum absolute atomic E-state index is 0.0319. The Hall–Kier alpha value is -2.82. The molecule has 0 aromatic heterocycles. The van der Waals surface area contributed by atoms with Crippen LogP contribution in [0.15, 0.2) is 60.3 Å². The number of fused-ring (bicyclic) bond motifs is 1. The molecule has 0 radical (unpaired) electrons. The number of likely N-dealkylation sites (N-methyl/N-ethyl adjacent to an activating group) is 1. The normalized spacial score (nSPS) is 13.7. The molecule has 0 amide bonds. The van der Waals surface area contributed by atoms with Crippen molar-refractivity contribution >= 4 is 28.2 Å². The number of hydrogen-bond acceptors (Lipinski definition) is 6. The second-order valence-corrected chi connectivity index (χ2v) is 10.3. The number of imidazole rings is 1. The van der Waals surface area contributed by atoms with Gasteiger partial charge in [0.2, 0.25) is 10.0 Å². The first-order valence-corrected chi connectivity index (χ1v) is 12.4. The van der Waals surface area contributed by atoms with Crippen molar-refractivity contribution in [3.8, 4) is 11.4 Å². The standard InChI is InChI=1S/C23H28N4O4S2/c1-5-13-31-22(28)21(16(3)6-2)26(4)33(29,30)18-9-7-17(8-10-18)14-27-12-11-19-20(15-27)25-23(32)24-19/h5,7-12,15-16,21H,1,6,13-14H2,2-4H3,(H,25,32). The molecule has 33 heavy (non-hydrogen) atoms. The van der Waals surface area contributed by atoms with Gasteiger partial charge in [0.15, 0.2) is 4.77 Å². The molecule has 2 atom stereocenters. The minimum Gasteiger partial charge on any atom is -0.460 e. The summed E-state index contributed by atoms with van der Waals surface area (Å²) < 4.78 is 35.2. The quantitative estimate of drug-likeness (QED) is 0.264. The summed E-state index contributed by atoms with van der Waals surface area (Å²) in [5.41, 5.74) is 2.55. The van der Waals surface area contributed by atoms with Crippen LogP contribution >= 0.6 is 12.2 Å². The number of esters is 1. The van der Waals surface area contributed by atoms with Crippen LogP contribution in [-0.2, 0) is 26.1 Å². The molecule has 1 aromatic carbocycles. The highest BCUT2D eigenvalue weighted by Crippen LogP contribution is 2.24. The molecule has 10 heteroatoms. The number of nitrogens with one attached hydrogen (secondary N) is 1. The molecule has 8 nitrogen and oxygen atoms in total. The highest BCUT2D eigenvalue weighted by atomic mass is 32.2. The summed E-state index contributed by atoms with van der Waals surface area (Å²) in [6.07, 6.45) is 5.87. The molecule has 0 saturated heterocycles. The van der Waals surface area contributed by atoms with E-state index in [0.29, 0.717) is 17.7 Å². The van der Waals surface area contributed by atoms with Crippen molar-refractivity contribution in [2.24, 2.45) is 5.92 Å². The molecule has 3 rings (SSSR count). The Morgan fingerprint density at radius 1 is 1.33 bits per heavy atom. The van der Waals surface area contributed by atoms with Crippen LogP contribution in [0.4, 0.5) is 0 Å². The summed E-state index contributed by atoms with van der Waals surface area (Å²) >= 11 is 5.06. The van der Waals surface area contributed by atoms with Crippen LogP contribution in [-0.4, -0.2) is 52.9 Å². The predicted molar refractivity (Wildman–Crippen MR) is 129 cm³/mol. The van der Waals surface area contributed by atoms with Crippen molar-refractivity contribution in [1.29, 1.82) is 0 Å². The van der Waals surface area contributed by atoms with Gasteiger partial charge in [0.05, 0.1) is 16.3 Å². The van der Waals surface area contributed by atoms with Crippen molar-refractivity contribution in [2.45, 2.75) is 37.8 Å². The fraction of sp³-hybridized carbons (Fsp3) is 0.348. The number of sulfonamides is 1. The summed E-state index contributed by atoms with van der Waals surface area (Å²) in [7, 11) is -2.49. The van der Waals surface area contributed by atoms with Gasteiger partial charge in [0.25, 0.3) is 0 Å². The molecule has 0 fully saturated rings. The molecule has 0 saturated carbocycles. The molecule has 0 spiro atoms. The molecular formula is C23H28N4O4S2. The maximum Gasteiger partial charge on any atom is 0.325 e. The largest absolute Gasteiger partial charge is 0.460 e. The molecule has 2 aliphatic rings. The number of carbonyl (C=O) groups excluding carboxylic acids is 1. The van der Waals surface area contributed by atoms with E-state index in [0.717, 1.165) is 21.3 Å². The molecular weight excluding hydrogens is 460 g/mol. The van der Waals surface area contributed by atoms with Gasteiger partial charge >= 0.3 is 5.97 Å². The van der Waals surface area contributed by atoms with Crippen LogP contribution in [0.5, 0.6) is 0 Å². The maximum absolute atomic E-state index is 13.3. The molecule has 2 heterocycles. The van der Waals surface area contributed by atoms with E-state index in [1.807, 2.05) is 36.9 Å². The number of benzene rings is 1. The van der Waals surface area contributed by atoms with Crippen LogP contribution in [0.2, 0.25) is 0 Å². The van der Waals surface area contributed by atoms with Crippen LogP contribution in [0.3, 0.4) is 0 Å². The predicted octanol–water partition coefficient (Wildman–Crippen LogP) is 3.86. The van der Waals surface area contributed by atoms with E-state index in [1.54, 1.807) is 24.3 Å². The maximum atomic E-state index is 13.3. The van der Waals surface area contributed by atoms with Gasteiger partial charge in [-0.1, -0.05) is 45.1 Å². The smallest absolute Gasteiger partial charge is 0.325 e. The molecule has 176 valence electrons. The molecule has 0 bridgehead atoms. The lowest BCUT2D eigenvalue weighted by molar-refractivity contribution is -0.148. The van der Waals surface area contributed by atoms with Crippen molar-refractivity contribution < 1.29 is 17.9 Å². The average Bonchev–Trinajstić information content (AvgIpc) is 3.17. The van der Waals surface area contributed by atoms with E-state index >= 15 is 0 Å². The number of pyridine rings is 1. The summed E-state index contributed by atoms with van der Waals surface area (Å²) in [4.78, 5) is 19.9. The summed E-state index contributed by atoms with van der Waals surface area (Å²) in [6, 6.07) is 7.58. The first-order valence-electron chi connectivity index (χ1n) is 10.6. The SMILES string of the molecule is C=CCOC(=O)C(C(C)CC)N(C)S(=O)(=O)c1ccc(Cn2ccc3nc(=S)[nH]c-3c2)cc1. The number of rotatable bonds is 10. The zero-order valence-electron chi connectivity index (χ0n) is 18.9. The second kappa shape index (κ2) is 10.4. The third-order valence-electron chi connectivity index (χ3n) is 5.58. The number of aromatic amines is 1. The van der Waals surface area contributed by atoms with Crippen molar-refractivity contribution in [3.05, 3.63) is 65.7 Å². The molecule has 1 N–H and O–H groups in total. The van der Waals surface area contributed by atoms with E-state index in [2.05, 4.69) is 16.5 Å². The Kier molecular flexibility index (Phi) is 7.83. The zero-order chi connectivity index (χ0) is 24.2. The number of hydrogen-bond donors (Lipinski definition) is 1. The lowest BCUT2D eigenvalue weighted by atomic mass is 9.99. The number of aromatic nitrogens is 3. The van der Waals surface area contributed by atoms with Gasteiger partial charge in [-0.05, 0) is 41.9 Å². The van der Waals surface area contributed by atoms with E-state index in [-0.39, 0.29) is 17.4 Å². The van der Waals surface area contributed by atoms with Crippen molar-refractivity contribution in [2.75, 3.05) is 13.7 Å². The monoisotopic (exact) mass is 488 g/mol. The highest BCUT2D eigenvalue weighted by molar-refractivity contribution is 7.89. The Labute approximate surface area is 199 Å². The Balaban J connectivity index is 1.81. The average molecular weight is 489 g/mol. The Bertz CT molecular complexity index is 1250. The van der Waals surface area contributed by atoms with Crippen molar-refractivity contribution in [1.82, 2.24) is 18.8 Å². The van der Waals surface area contributed by atoms with Gasteiger partial charge in [-0.2, -0.15) is 4.31 Å².